The van der Waals surface area contributed by atoms with Crippen LogP contribution in [0.25, 0.3) is 0 Å². The van der Waals surface area contributed by atoms with Gasteiger partial charge in [0.1, 0.15) is 0 Å². The maximum atomic E-state index is 17.4. The molecular formula is C30H41FO5. The molecule has 0 bridgehead atoms. The minimum Gasteiger partial charge on any atom is -0.450 e. The molecule has 5 nitrogen and oxygen atoms in total. The summed E-state index contributed by atoms with van der Waals surface area (Å²) in [7, 11) is 0. The van der Waals surface area contributed by atoms with E-state index in [4.69, 9.17) is 4.74 Å². The highest BCUT2D eigenvalue weighted by Gasteiger charge is 2.78. The van der Waals surface area contributed by atoms with E-state index in [2.05, 4.69) is 0 Å². The molecule has 5 aliphatic carbocycles. The summed E-state index contributed by atoms with van der Waals surface area (Å²) in [6.07, 6.45) is 4.80. The number of carbonyl (C=O) groups excluding carboxylic acids is 3. The van der Waals surface area contributed by atoms with E-state index in [1.54, 1.807) is 13.0 Å². The molecule has 36 heavy (non-hydrogen) atoms. The van der Waals surface area contributed by atoms with Gasteiger partial charge in [0.05, 0.1) is 12.0 Å². The lowest BCUT2D eigenvalue weighted by molar-refractivity contribution is -0.228. The van der Waals surface area contributed by atoms with Crippen LogP contribution in [0.15, 0.2) is 23.8 Å². The van der Waals surface area contributed by atoms with E-state index < -0.39 is 34.1 Å². The molecule has 0 amide bonds. The molecule has 4 saturated carbocycles. The fraction of sp³-hybridized carbons (Fsp3) is 0.767. The molecule has 0 aromatic rings. The Kier molecular flexibility index (Phi) is 5.15. The van der Waals surface area contributed by atoms with E-state index in [0.717, 1.165) is 5.57 Å². The number of allylic oxidation sites excluding steroid dienone is 4. The van der Waals surface area contributed by atoms with Crippen LogP contribution in [0.5, 0.6) is 0 Å². The van der Waals surface area contributed by atoms with Crippen LogP contribution in [0.3, 0.4) is 0 Å². The van der Waals surface area contributed by atoms with Crippen molar-refractivity contribution in [3.05, 3.63) is 23.8 Å². The fourth-order valence-corrected chi connectivity index (χ4v) is 9.57. The van der Waals surface area contributed by atoms with Gasteiger partial charge in [0.25, 0.3) is 0 Å². The van der Waals surface area contributed by atoms with Crippen molar-refractivity contribution in [2.75, 3.05) is 0 Å². The first-order chi connectivity index (χ1) is 16.4. The van der Waals surface area contributed by atoms with Gasteiger partial charge in [0, 0.05) is 22.7 Å². The van der Waals surface area contributed by atoms with Crippen molar-refractivity contribution in [3.63, 3.8) is 0 Å². The zero-order chi connectivity index (χ0) is 26.9. The van der Waals surface area contributed by atoms with Crippen LogP contribution in [0.2, 0.25) is 0 Å². The molecule has 0 aliphatic heterocycles. The lowest BCUT2D eigenvalue weighted by Crippen LogP contribution is -2.69. The van der Waals surface area contributed by atoms with Gasteiger partial charge in [-0.2, -0.15) is 0 Å². The SMILES string of the molecule is CC(=O)[C@@]1(OC(=O)C2C(C)(C)C2(C)C)[C@@H](C)C[C@H]2[C@@H]3CCC4=CC(=O)C=C[C@]4(C)[C@@]3(F)[C@@H](O)C[C@@]21C. The number of fused-ring (bicyclic) bond motifs is 5. The van der Waals surface area contributed by atoms with Gasteiger partial charge in [-0.15, -0.1) is 0 Å². The van der Waals surface area contributed by atoms with Crippen molar-refractivity contribution in [1.82, 2.24) is 0 Å². The maximum Gasteiger partial charge on any atom is 0.311 e. The Morgan fingerprint density at radius 3 is 2.25 bits per heavy atom. The first kappa shape index (κ1) is 25.8. The van der Waals surface area contributed by atoms with E-state index >= 15 is 4.39 Å². The highest BCUT2D eigenvalue weighted by Crippen LogP contribution is 2.73. The lowest BCUT2D eigenvalue weighted by Gasteiger charge is -2.62. The third-order valence-electron chi connectivity index (χ3n) is 12.2. The van der Waals surface area contributed by atoms with Crippen LogP contribution in [-0.2, 0) is 19.1 Å². The van der Waals surface area contributed by atoms with Crippen molar-refractivity contribution < 1.29 is 28.6 Å². The second-order valence-electron chi connectivity index (χ2n) is 14.0. The number of aliphatic hydroxyl groups excluding tert-OH is 1. The average molecular weight is 501 g/mol. The van der Waals surface area contributed by atoms with Gasteiger partial charge in [0.15, 0.2) is 22.8 Å². The number of halogens is 1. The number of rotatable bonds is 3. The molecule has 8 atom stereocenters. The molecule has 0 aromatic carbocycles. The Balaban J connectivity index is 1.57. The van der Waals surface area contributed by atoms with E-state index in [1.807, 2.05) is 41.5 Å². The molecule has 6 heteroatoms. The third-order valence-corrected chi connectivity index (χ3v) is 12.2. The monoisotopic (exact) mass is 500 g/mol. The maximum absolute atomic E-state index is 17.4. The predicted molar refractivity (Wildman–Crippen MR) is 133 cm³/mol. The second kappa shape index (κ2) is 7.18. The summed E-state index contributed by atoms with van der Waals surface area (Å²) in [6.45, 7) is 15.3. The van der Waals surface area contributed by atoms with Crippen LogP contribution in [-0.4, -0.2) is 40.0 Å². The number of ether oxygens (including phenoxy) is 1. The van der Waals surface area contributed by atoms with E-state index in [-0.39, 0.29) is 52.5 Å². The Morgan fingerprint density at radius 1 is 1.08 bits per heavy atom. The van der Waals surface area contributed by atoms with E-state index in [9.17, 15) is 19.5 Å². The number of ketones is 2. The molecule has 0 aromatic heterocycles. The molecule has 5 rings (SSSR count). The van der Waals surface area contributed by atoms with Gasteiger partial charge >= 0.3 is 5.97 Å². The Hall–Kier alpha value is -1.82. The van der Waals surface area contributed by atoms with Crippen molar-refractivity contribution in [1.29, 1.82) is 0 Å². The summed E-state index contributed by atoms with van der Waals surface area (Å²) < 4.78 is 23.8. The molecule has 0 spiro atoms. The smallest absolute Gasteiger partial charge is 0.311 e. The van der Waals surface area contributed by atoms with Crippen LogP contribution >= 0.6 is 0 Å². The van der Waals surface area contributed by atoms with Gasteiger partial charge < -0.3 is 9.84 Å². The normalized spacial score (nSPS) is 48.4. The molecule has 4 fully saturated rings. The van der Waals surface area contributed by atoms with E-state index in [0.29, 0.717) is 19.3 Å². The van der Waals surface area contributed by atoms with Gasteiger partial charge in [-0.1, -0.05) is 53.2 Å². The molecule has 198 valence electrons. The topological polar surface area (TPSA) is 80.7 Å². The number of esters is 1. The molecule has 1 N–H and O–H groups in total. The Bertz CT molecular complexity index is 1100. The molecular weight excluding hydrogens is 459 g/mol. The summed E-state index contributed by atoms with van der Waals surface area (Å²) >= 11 is 0. The van der Waals surface area contributed by atoms with E-state index in [1.165, 1.54) is 19.1 Å². The zero-order valence-corrected chi connectivity index (χ0v) is 22.9. The number of carbonyl (C=O) groups is 3. The van der Waals surface area contributed by atoms with Crippen molar-refractivity contribution in [2.45, 2.75) is 98.4 Å². The number of hydrogen-bond donors (Lipinski definition) is 1. The van der Waals surface area contributed by atoms with Gasteiger partial charge in [-0.3, -0.25) is 14.4 Å². The summed E-state index contributed by atoms with van der Waals surface area (Å²) in [5.41, 5.74) is -5.14. The van der Waals surface area contributed by atoms with Crippen molar-refractivity contribution >= 4 is 17.5 Å². The molecule has 0 heterocycles. The predicted octanol–water partition coefficient (Wildman–Crippen LogP) is 5.16. The fourth-order valence-electron chi connectivity index (χ4n) is 9.57. The Labute approximate surface area is 213 Å². The van der Waals surface area contributed by atoms with Gasteiger partial charge in [-0.05, 0) is 68.4 Å². The first-order valence-electron chi connectivity index (χ1n) is 13.5. The van der Waals surface area contributed by atoms with Gasteiger partial charge in [-0.25, -0.2) is 4.39 Å². The molecule has 0 radical (unpaired) electrons. The standard InChI is InChI=1S/C30H41FO5/c1-16-13-21-20-10-9-18-14-19(33)11-12-27(18,7)29(20,31)22(34)15-28(21,8)30(16,17(2)32)36-24(35)23-25(3,4)26(23,5)6/h11-12,14,16,20-23,34H,9-10,13,15H2,1-8H3/t16-,20-,21-,22-,27-,28-,29-,30-/m0/s1. The first-order valence-corrected chi connectivity index (χ1v) is 13.5. The average Bonchev–Trinajstić information content (AvgIpc) is 3.06. The highest BCUT2D eigenvalue weighted by atomic mass is 19.1. The van der Waals surface area contributed by atoms with Crippen LogP contribution < -0.4 is 0 Å². The number of hydrogen-bond acceptors (Lipinski definition) is 5. The lowest BCUT2D eigenvalue weighted by atomic mass is 9.44. The van der Waals surface area contributed by atoms with Crippen LogP contribution in [0.1, 0.15) is 81.1 Å². The number of Topliss-reactive ketones (excluding diaryl/α,β-unsaturated/α-hetero) is 1. The summed E-state index contributed by atoms with van der Waals surface area (Å²) in [6, 6.07) is 0. The molecule has 0 saturated heterocycles. The summed E-state index contributed by atoms with van der Waals surface area (Å²) in [4.78, 5) is 39.2. The molecule has 0 unspecified atom stereocenters. The van der Waals surface area contributed by atoms with Crippen LogP contribution in [0, 0.1) is 45.3 Å². The largest absolute Gasteiger partial charge is 0.450 e. The van der Waals surface area contributed by atoms with Gasteiger partial charge in [0.2, 0.25) is 0 Å². The summed E-state index contributed by atoms with van der Waals surface area (Å²) in [5.74, 6) is -2.14. The quantitative estimate of drug-likeness (QED) is 0.542. The minimum atomic E-state index is -1.98. The van der Waals surface area contributed by atoms with Crippen molar-refractivity contribution in [3.8, 4) is 0 Å². The number of alkyl halides is 1. The number of aliphatic hydroxyl groups is 1. The zero-order valence-electron chi connectivity index (χ0n) is 22.9. The highest BCUT2D eigenvalue weighted by molar-refractivity contribution is 6.01. The molecule has 5 aliphatic rings. The second-order valence-corrected chi connectivity index (χ2v) is 14.0. The summed E-state index contributed by atoms with van der Waals surface area (Å²) in [5, 5.41) is 11.6. The Morgan fingerprint density at radius 2 is 1.69 bits per heavy atom. The minimum absolute atomic E-state index is 0.0178. The third kappa shape index (κ3) is 2.67. The van der Waals surface area contributed by atoms with Crippen LogP contribution in [0.4, 0.5) is 4.39 Å². The van der Waals surface area contributed by atoms with Crippen molar-refractivity contribution in [2.24, 2.45) is 45.3 Å².